The fraction of sp³-hybridized carbons (Fsp3) is 0.643. The van der Waals surface area contributed by atoms with E-state index in [-0.39, 0.29) is 0 Å². The van der Waals surface area contributed by atoms with E-state index in [2.05, 4.69) is 46.1 Å². The highest BCUT2D eigenvalue weighted by Gasteiger charge is 2.31. The van der Waals surface area contributed by atoms with Crippen LogP contribution in [0.4, 0.5) is 5.82 Å². The molecule has 1 aliphatic carbocycles. The summed E-state index contributed by atoms with van der Waals surface area (Å²) in [5.41, 5.74) is 1.75. The van der Waals surface area contributed by atoms with Gasteiger partial charge in [0.1, 0.15) is 5.82 Å². The van der Waals surface area contributed by atoms with Gasteiger partial charge < -0.3 is 5.32 Å². The minimum absolute atomic E-state index is 0.517. The topological polar surface area (TPSA) is 24.9 Å². The predicted octanol–water partition coefficient (Wildman–Crippen LogP) is 4.53. The average Bonchev–Trinajstić information content (AvgIpc) is 2.80. The summed E-state index contributed by atoms with van der Waals surface area (Å²) in [5, 5.41) is 3.51. The summed E-state index contributed by atoms with van der Waals surface area (Å²) < 4.78 is 1.08. The van der Waals surface area contributed by atoms with Crippen LogP contribution in [0.15, 0.2) is 16.7 Å². The van der Waals surface area contributed by atoms with Crippen LogP contribution in [-0.4, -0.2) is 11.5 Å². The third-order valence-corrected chi connectivity index (χ3v) is 4.94. The number of rotatable bonds is 4. The minimum atomic E-state index is 0.517. The Morgan fingerprint density at radius 3 is 2.71 bits per heavy atom. The summed E-state index contributed by atoms with van der Waals surface area (Å²) in [6.07, 6.45) is 8.67. The second-order valence-electron chi connectivity index (χ2n) is 5.23. The molecule has 0 aromatic carbocycles. The van der Waals surface area contributed by atoms with Crippen LogP contribution >= 0.6 is 15.9 Å². The lowest BCUT2D eigenvalue weighted by molar-refractivity contribution is 0.306. The van der Waals surface area contributed by atoms with Crippen molar-refractivity contribution in [1.29, 1.82) is 0 Å². The summed E-state index contributed by atoms with van der Waals surface area (Å²) in [4.78, 5) is 4.41. The van der Waals surface area contributed by atoms with E-state index in [0.29, 0.717) is 5.41 Å². The zero-order valence-electron chi connectivity index (χ0n) is 10.7. The highest BCUT2D eigenvalue weighted by molar-refractivity contribution is 9.10. The van der Waals surface area contributed by atoms with Gasteiger partial charge in [0, 0.05) is 17.2 Å². The molecule has 1 aliphatic rings. The van der Waals surface area contributed by atoms with Gasteiger partial charge in [0.05, 0.1) is 0 Å². The Balaban J connectivity index is 1.99. The van der Waals surface area contributed by atoms with Gasteiger partial charge in [-0.25, -0.2) is 4.98 Å². The summed E-state index contributed by atoms with van der Waals surface area (Å²) in [5.74, 6) is 1.01. The summed E-state index contributed by atoms with van der Waals surface area (Å²) >= 11 is 3.48. The molecule has 2 nitrogen and oxygen atoms in total. The second kappa shape index (κ2) is 5.38. The van der Waals surface area contributed by atoms with Crippen molar-refractivity contribution >= 4 is 21.7 Å². The second-order valence-corrected chi connectivity index (χ2v) is 6.09. The van der Waals surface area contributed by atoms with Crippen LogP contribution in [0.2, 0.25) is 0 Å². The Labute approximate surface area is 112 Å². The van der Waals surface area contributed by atoms with E-state index in [1.807, 2.05) is 6.20 Å². The zero-order chi connectivity index (χ0) is 12.3. The van der Waals surface area contributed by atoms with Gasteiger partial charge in [-0.2, -0.15) is 0 Å². The molecule has 0 bridgehead atoms. The SMILES string of the molecule is CCC1(CNc2cc(C)c(Br)cn2)CCCC1. The molecule has 1 saturated carbocycles. The van der Waals surface area contributed by atoms with Gasteiger partial charge in [-0.15, -0.1) is 0 Å². The molecule has 94 valence electrons. The van der Waals surface area contributed by atoms with Crippen LogP contribution < -0.4 is 5.32 Å². The summed E-state index contributed by atoms with van der Waals surface area (Å²) in [7, 11) is 0. The maximum absolute atomic E-state index is 4.41. The first-order valence-electron chi connectivity index (χ1n) is 6.51. The number of aryl methyl sites for hydroxylation is 1. The molecule has 1 fully saturated rings. The van der Waals surface area contributed by atoms with Crippen molar-refractivity contribution in [2.75, 3.05) is 11.9 Å². The maximum atomic E-state index is 4.41. The molecule has 0 aliphatic heterocycles. The number of nitrogens with zero attached hydrogens (tertiary/aromatic N) is 1. The van der Waals surface area contributed by atoms with Crippen LogP contribution in [0.5, 0.6) is 0 Å². The summed E-state index contributed by atoms with van der Waals surface area (Å²) in [6.45, 7) is 5.48. The van der Waals surface area contributed by atoms with Crippen molar-refractivity contribution in [3.05, 3.63) is 22.3 Å². The van der Waals surface area contributed by atoms with E-state index in [4.69, 9.17) is 0 Å². The monoisotopic (exact) mass is 296 g/mol. The lowest BCUT2D eigenvalue weighted by atomic mass is 9.83. The molecule has 17 heavy (non-hydrogen) atoms. The van der Waals surface area contributed by atoms with Gasteiger partial charge >= 0.3 is 0 Å². The average molecular weight is 297 g/mol. The number of hydrogen-bond acceptors (Lipinski definition) is 2. The smallest absolute Gasteiger partial charge is 0.126 e. The zero-order valence-corrected chi connectivity index (χ0v) is 12.3. The molecule has 0 spiro atoms. The van der Waals surface area contributed by atoms with Gasteiger partial charge in [-0.05, 0) is 59.2 Å². The number of hydrogen-bond donors (Lipinski definition) is 1. The highest BCUT2D eigenvalue weighted by atomic mass is 79.9. The van der Waals surface area contributed by atoms with Gasteiger partial charge in [0.25, 0.3) is 0 Å². The van der Waals surface area contributed by atoms with Crippen molar-refractivity contribution < 1.29 is 0 Å². The van der Waals surface area contributed by atoms with E-state index in [1.165, 1.54) is 37.7 Å². The first kappa shape index (κ1) is 12.9. The van der Waals surface area contributed by atoms with Gasteiger partial charge in [-0.1, -0.05) is 19.8 Å². The molecular weight excluding hydrogens is 276 g/mol. The Kier molecular flexibility index (Phi) is 4.08. The Morgan fingerprint density at radius 1 is 1.41 bits per heavy atom. The van der Waals surface area contributed by atoms with Crippen molar-refractivity contribution in [3.63, 3.8) is 0 Å². The van der Waals surface area contributed by atoms with Crippen molar-refractivity contribution in [3.8, 4) is 0 Å². The van der Waals surface area contributed by atoms with Crippen LogP contribution in [0.3, 0.4) is 0 Å². The Morgan fingerprint density at radius 2 is 2.12 bits per heavy atom. The first-order valence-corrected chi connectivity index (χ1v) is 7.30. The van der Waals surface area contributed by atoms with Gasteiger partial charge in [-0.3, -0.25) is 0 Å². The molecule has 0 unspecified atom stereocenters. The number of pyridine rings is 1. The molecule has 1 N–H and O–H groups in total. The van der Waals surface area contributed by atoms with E-state index < -0.39 is 0 Å². The van der Waals surface area contributed by atoms with Gasteiger partial charge in [0.2, 0.25) is 0 Å². The minimum Gasteiger partial charge on any atom is -0.370 e. The number of anilines is 1. The van der Waals surface area contributed by atoms with Crippen LogP contribution in [0.25, 0.3) is 0 Å². The molecular formula is C14H21BrN2. The molecule has 0 amide bonds. The van der Waals surface area contributed by atoms with Crippen molar-refractivity contribution in [1.82, 2.24) is 4.98 Å². The standard InChI is InChI=1S/C14H21BrN2/c1-3-14(6-4-5-7-14)10-17-13-8-11(2)12(15)9-16-13/h8-9H,3-7,10H2,1-2H3,(H,16,17). The third-order valence-electron chi connectivity index (χ3n) is 4.11. The highest BCUT2D eigenvalue weighted by Crippen LogP contribution is 2.40. The van der Waals surface area contributed by atoms with Crippen LogP contribution in [-0.2, 0) is 0 Å². The van der Waals surface area contributed by atoms with E-state index in [0.717, 1.165) is 16.8 Å². The molecule has 0 radical (unpaired) electrons. The fourth-order valence-electron chi connectivity index (χ4n) is 2.69. The fourth-order valence-corrected chi connectivity index (χ4v) is 2.91. The van der Waals surface area contributed by atoms with Crippen LogP contribution in [0, 0.1) is 12.3 Å². The Bertz CT molecular complexity index is 384. The lowest BCUT2D eigenvalue weighted by Crippen LogP contribution is -2.26. The molecule has 0 atom stereocenters. The quantitative estimate of drug-likeness (QED) is 0.883. The molecule has 0 saturated heterocycles. The maximum Gasteiger partial charge on any atom is 0.126 e. The predicted molar refractivity (Wildman–Crippen MR) is 76.4 cm³/mol. The number of nitrogens with one attached hydrogen (secondary N) is 1. The molecule has 1 aromatic rings. The van der Waals surface area contributed by atoms with E-state index in [1.54, 1.807) is 0 Å². The number of aromatic nitrogens is 1. The third kappa shape index (κ3) is 3.01. The molecule has 2 rings (SSSR count). The molecule has 3 heteroatoms. The largest absolute Gasteiger partial charge is 0.370 e. The normalized spacial score (nSPS) is 18.3. The van der Waals surface area contributed by atoms with Crippen molar-refractivity contribution in [2.24, 2.45) is 5.41 Å². The number of halogens is 1. The molecule has 1 aromatic heterocycles. The van der Waals surface area contributed by atoms with Crippen LogP contribution in [0.1, 0.15) is 44.6 Å². The lowest BCUT2D eigenvalue weighted by Gasteiger charge is -2.28. The van der Waals surface area contributed by atoms with Gasteiger partial charge in [0.15, 0.2) is 0 Å². The van der Waals surface area contributed by atoms with E-state index in [9.17, 15) is 0 Å². The Hall–Kier alpha value is -0.570. The first-order chi connectivity index (χ1) is 8.15. The summed E-state index contributed by atoms with van der Waals surface area (Å²) in [6, 6.07) is 2.11. The molecule has 1 heterocycles. The van der Waals surface area contributed by atoms with Crippen molar-refractivity contribution in [2.45, 2.75) is 46.0 Å². The van der Waals surface area contributed by atoms with E-state index >= 15 is 0 Å².